The zero-order valence-corrected chi connectivity index (χ0v) is 14.1. The van der Waals surface area contributed by atoms with Crippen molar-refractivity contribution in [1.82, 2.24) is 4.57 Å². The van der Waals surface area contributed by atoms with Gasteiger partial charge in [0.15, 0.2) is 5.43 Å². The maximum absolute atomic E-state index is 12.3. The summed E-state index contributed by atoms with van der Waals surface area (Å²) in [5.74, 6) is -0.145. The molecule has 3 rings (SSSR count). The molecule has 23 heavy (non-hydrogen) atoms. The van der Waals surface area contributed by atoms with Crippen molar-refractivity contribution in [2.75, 3.05) is 5.32 Å². The van der Waals surface area contributed by atoms with Gasteiger partial charge in [-0.1, -0.05) is 33.6 Å². The first kappa shape index (κ1) is 15.5. The fraction of sp³-hybridized carbons (Fsp3) is 0.111. The predicted octanol–water partition coefficient (Wildman–Crippen LogP) is 3.71. The summed E-state index contributed by atoms with van der Waals surface area (Å²) in [4.78, 5) is 24.2. The molecule has 0 aliphatic rings. The quantitative estimate of drug-likeness (QED) is 0.763. The number of hydrogen-bond donors (Lipinski definition) is 1. The van der Waals surface area contributed by atoms with Gasteiger partial charge in [0.25, 0.3) is 0 Å². The van der Waals surface area contributed by atoms with E-state index in [2.05, 4.69) is 21.2 Å². The van der Waals surface area contributed by atoms with Crippen molar-refractivity contribution >= 4 is 38.4 Å². The van der Waals surface area contributed by atoms with Crippen molar-refractivity contribution in [2.24, 2.45) is 0 Å². The van der Waals surface area contributed by atoms with Crippen molar-refractivity contribution in [2.45, 2.75) is 13.5 Å². The Kier molecular flexibility index (Phi) is 4.30. The number of hydrogen-bond acceptors (Lipinski definition) is 2. The van der Waals surface area contributed by atoms with Crippen LogP contribution in [0.5, 0.6) is 0 Å². The van der Waals surface area contributed by atoms with Gasteiger partial charge < -0.3 is 9.88 Å². The number of amides is 1. The average Bonchev–Trinajstić information content (AvgIpc) is 2.50. The standard InChI is InChI=1S/C18H15BrN2O2/c1-12-5-6-16-15(9-12)17(22)7-8-21(16)11-18(23)20-14-4-2-3-13(19)10-14/h2-10H,11H2,1H3,(H,20,23). The van der Waals surface area contributed by atoms with Crippen LogP contribution in [0.1, 0.15) is 5.56 Å². The van der Waals surface area contributed by atoms with Crippen LogP contribution >= 0.6 is 15.9 Å². The average molecular weight is 371 g/mol. The van der Waals surface area contributed by atoms with Gasteiger partial charge in [-0.3, -0.25) is 9.59 Å². The number of halogens is 1. The number of nitrogens with one attached hydrogen (secondary N) is 1. The van der Waals surface area contributed by atoms with E-state index in [4.69, 9.17) is 0 Å². The summed E-state index contributed by atoms with van der Waals surface area (Å²) in [6.45, 7) is 2.09. The highest BCUT2D eigenvalue weighted by molar-refractivity contribution is 9.10. The zero-order valence-electron chi connectivity index (χ0n) is 12.5. The second-order valence-corrected chi connectivity index (χ2v) is 6.30. The Morgan fingerprint density at radius 2 is 2.00 bits per heavy atom. The Morgan fingerprint density at radius 3 is 2.78 bits per heavy atom. The van der Waals surface area contributed by atoms with Gasteiger partial charge in [0.1, 0.15) is 6.54 Å². The van der Waals surface area contributed by atoms with Gasteiger partial charge in [0.05, 0.1) is 5.52 Å². The van der Waals surface area contributed by atoms with Gasteiger partial charge in [-0.2, -0.15) is 0 Å². The molecular weight excluding hydrogens is 356 g/mol. The molecular formula is C18H15BrN2O2. The van der Waals surface area contributed by atoms with Crippen molar-refractivity contribution < 1.29 is 4.79 Å². The fourth-order valence-electron chi connectivity index (χ4n) is 2.48. The van der Waals surface area contributed by atoms with Crippen molar-refractivity contribution in [1.29, 1.82) is 0 Å². The number of nitrogens with zero attached hydrogens (tertiary/aromatic N) is 1. The number of anilines is 1. The van der Waals surface area contributed by atoms with Gasteiger partial charge in [0, 0.05) is 27.8 Å². The van der Waals surface area contributed by atoms with E-state index in [9.17, 15) is 9.59 Å². The third kappa shape index (κ3) is 3.51. The van der Waals surface area contributed by atoms with E-state index in [1.165, 1.54) is 6.07 Å². The smallest absolute Gasteiger partial charge is 0.244 e. The molecule has 0 radical (unpaired) electrons. The maximum atomic E-state index is 12.3. The lowest BCUT2D eigenvalue weighted by Gasteiger charge is -2.11. The van der Waals surface area contributed by atoms with Crippen LogP contribution in [0.15, 0.2) is 64.0 Å². The molecule has 0 saturated heterocycles. The second-order valence-electron chi connectivity index (χ2n) is 5.39. The first-order valence-corrected chi connectivity index (χ1v) is 7.97. The lowest BCUT2D eigenvalue weighted by atomic mass is 10.1. The Morgan fingerprint density at radius 1 is 1.17 bits per heavy atom. The molecule has 0 fully saturated rings. The number of aromatic nitrogens is 1. The minimum atomic E-state index is -0.145. The second kappa shape index (κ2) is 6.38. The summed E-state index contributed by atoms with van der Waals surface area (Å²) in [5, 5.41) is 3.48. The Balaban J connectivity index is 1.88. The number of carbonyl (C=O) groups is 1. The maximum Gasteiger partial charge on any atom is 0.244 e. The van der Waals surface area contributed by atoms with E-state index in [1.807, 2.05) is 49.4 Å². The summed E-state index contributed by atoms with van der Waals surface area (Å²) >= 11 is 3.37. The third-order valence-electron chi connectivity index (χ3n) is 3.56. The highest BCUT2D eigenvalue weighted by atomic mass is 79.9. The van der Waals surface area contributed by atoms with Crippen molar-refractivity contribution in [3.05, 3.63) is 75.0 Å². The van der Waals surface area contributed by atoms with Crippen molar-refractivity contribution in [3.63, 3.8) is 0 Å². The monoisotopic (exact) mass is 370 g/mol. The molecule has 5 heteroatoms. The SMILES string of the molecule is Cc1ccc2c(c1)c(=O)ccn2CC(=O)Nc1cccc(Br)c1. The molecule has 2 aromatic carbocycles. The topological polar surface area (TPSA) is 51.1 Å². The molecule has 1 heterocycles. The first-order chi connectivity index (χ1) is 11.0. The van der Waals surface area contributed by atoms with E-state index in [0.717, 1.165) is 21.2 Å². The Hall–Kier alpha value is -2.40. The minimum absolute atomic E-state index is 0.0349. The molecule has 0 unspecified atom stereocenters. The number of aryl methyl sites for hydroxylation is 1. The van der Waals surface area contributed by atoms with Gasteiger partial charge in [-0.05, 0) is 37.3 Å². The van der Waals surface area contributed by atoms with Crippen LogP contribution in [0.4, 0.5) is 5.69 Å². The van der Waals surface area contributed by atoms with Crippen LogP contribution in [-0.4, -0.2) is 10.5 Å². The molecule has 0 atom stereocenters. The molecule has 0 saturated carbocycles. The molecule has 116 valence electrons. The van der Waals surface area contributed by atoms with Crippen LogP contribution in [-0.2, 0) is 11.3 Å². The molecule has 1 aromatic heterocycles. The largest absolute Gasteiger partial charge is 0.338 e. The van der Waals surface area contributed by atoms with Crippen LogP contribution in [0.3, 0.4) is 0 Å². The summed E-state index contributed by atoms with van der Waals surface area (Å²) in [6, 6.07) is 14.6. The predicted molar refractivity (Wildman–Crippen MR) is 95.7 cm³/mol. The van der Waals surface area contributed by atoms with Crippen LogP contribution in [0.2, 0.25) is 0 Å². The third-order valence-corrected chi connectivity index (χ3v) is 4.05. The van der Waals surface area contributed by atoms with Gasteiger partial charge in [-0.15, -0.1) is 0 Å². The van der Waals surface area contributed by atoms with Gasteiger partial charge in [-0.25, -0.2) is 0 Å². The summed E-state index contributed by atoms with van der Waals surface area (Å²) in [7, 11) is 0. The summed E-state index contributed by atoms with van der Waals surface area (Å²) in [5.41, 5.74) is 2.47. The molecule has 4 nitrogen and oxygen atoms in total. The van der Waals surface area contributed by atoms with Crippen LogP contribution in [0.25, 0.3) is 10.9 Å². The summed E-state index contributed by atoms with van der Waals surface area (Å²) < 4.78 is 2.68. The lowest BCUT2D eigenvalue weighted by molar-refractivity contribution is -0.116. The molecule has 0 aliphatic heterocycles. The number of fused-ring (bicyclic) bond motifs is 1. The molecule has 0 bridgehead atoms. The molecule has 1 amide bonds. The number of pyridine rings is 1. The number of carbonyl (C=O) groups excluding carboxylic acids is 1. The van der Waals surface area contributed by atoms with Crippen LogP contribution < -0.4 is 10.7 Å². The van der Waals surface area contributed by atoms with Gasteiger partial charge >= 0.3 is 0 Å². The minimum Gasteiger partial charge on any atom is -0.338 e. The zero-order chi connectivity index (χ0) is 16.4. The highest BCUT2D eigenvalue weighted by Gasteiger charge is 2.08. The van der Waals surface area contributed by atoms with E-state index < -0.39 is 0 Å². The lowest BCUT2D eigenvalue weighted by Crippen LogP contribution is -2.20. The van der Waals surface area contributed by atoms with E-state index in [-0.39, 0.29) is 17.9 Å². The molecule has 0 aliphatic carbocycles. The van der Waals surface area contributed by atoms with Gasteiger partial charge in [0.2, 0.25) is 5.91 Å². The molecule has 3 aromatic rings. The van der Waals surface area contributed by atoms with Crippen molar-refractivity contribution in [3.8, 4) is 0 Å². The van der Waals surface area contributed by atoms with Crippen LogP contribution in [0, 0.1) is 6.92 Å². The number of benzene rings is 2. The van der Waals surface area contributed by atoms with E-state index in [1.54, 1.807) is 10.8 Å². The fourth-order valence-corrected chi connectivity index (χ4v) is 2.88. The normalized spacial score (nSPS) is 10.7. The highest BCUT2D eigenvalue weighted by Crippen LogP contribution is 2.16. The first-order valence-electron chi connectivity index (χ1n) is 7.18. The van der Waals surface area contributed by atoms with E-state index >= 15 is 0 Å². The molecule has 1 N–H and O–H groups in total. The number of rotatable bonds is 3. The Bertz CT molecular complexity index is 947. The summed E-state index contributed by atoms with van der Waals surface area (Å²) in [6.07, 6.45) is 1.65. The van der Waals surface area contributed by atoms with E-state index in [0.29, 0.717) is 5.39 Å². The Labute approximate surface area is 141 Å². The molecule has 0 spiro atoms.